The van der Waals surface area contributed by atoms with Gasteiger partial charge >= 0.3 is 0 Å². The molecule has 2 saturated carbocycles. The van der Waals surface area contributed by atoms with Crippen molar-refractivity contribution in [3.8, 4) is 0 Å². The Labute approximate surface area is 98.4 Å². The zero-order valence-corrected chi connectivity index (χ0v) is 11.0. The number of fused-ring (bicyclic) bond motifs is 1. The Balaban J connectivity index is 1.91. The largest absolute Gasteiger partial charge is 0.298 e. The Morgan fingerprint density at radius 3 is 2.19 bits per heavy atom. The molecule has 2 atom stereocenters. The van der Waals surface area contributed by atoms with Gasteiger partial charge in [0.25, 0.3) is 0 Å². The van der Waals surface area contributed by atoms with E-state index in [0.717, 1.165) is 13.0 Å². The Bertz CT molecular complexity index is 356. The van der Waals surface area contributed by atoms with E-state index in [1.54, 1.807) is 6.92 Å². The minimum Gasteiger partial charge on any atom is -0.298 e. The number of ketones is 1. The van der Waals surface area contributed by atoms with E-state index in [4.69, 9.17) is 0 Å². The summed E-state index contributed by atoms with van der Waals surface area (Å²) in [7, 11) is 2.13. The maximum absolute atomic E-state index is 11.7. The van der Waals surface area contributed by atoms with E-state index >= 15 is 0 Å². The van der Waals surface area contributed by atoms with Crippen LogP contribution < -0.4 is 0 Å². The van der Waals surface area contributed by atoms with Gasteiger partial charge in [-0.1, -0.05) is 20.3 Å². The molecular weight excluding hydrogens is 198 g/mol. The summed E-state index contributed by atoms with van der Waals surface area (Å²) in [5.74, 6) is 0.358. The fraction of sp³-hybridized carbons (Fsp3) is 0.929. The van der Waals surface area contributed by atoms with E-state index in [1.807, 2.05) is 0 Å². The molecule has 0 aromatic rings. The van der Waals surface area contributed by atoms with Crippen LogP contribution in [0.5, 0.6) is 0 Å². The molecule has 90 valence electrons. The quantitative estimate of drug-likeness (QED) is 0.678. The second-order valence-corrected chi connectivity index (χ2v) is 6.89. The van der Waals surface area contributed by atoms with Crippen molar-refractivity contribution in [2.45, 2.75) is 52.5 Å². The summed E-state index contributed by atoms with van der Waals surface area (Å²) in [5, 5.41) is 0. The number of rotatable bonds is 1. The molecule has 2 aliphatic carbocycles. The first-order valence-electron chi connectivity index (χ1n) is 6.59. The average molecular weight is 221 g/mol. The lowest BCUT2D eigenvalue weighted by molar-refractivity contribution is -0.120. The van der Waals surface area contributed by atoms with Crippen LogP contribution in [0.15, 0.2) is 0 Å². The van der Waals surface area contributed by atoms with E-state index in [0.29, 0.717) is 22.0 Å². The molecule has 0 N–H and O–H groups in total. The predicted molar refractivity (Wildman–Crippen MR) is 64.2 cm³/mol. The topological polar surface area (TPSA) is 20.3 Å². The van der Waals surface area contributed by atoms with Gasteiger partial charge in [-0.3, -0.25) is 9.69 Å². The molecule has 0 aromatic carbocycles. The van der Waals surface area contributed by atoms with E-state index in [2.05, 4.69) is 25.8 Å². The Morgan fingerprint density at radius 1 is 1.25 bits per heavy atom. The summed E-state index contributed by atoms with van der Waals surface area (Å²) in [6, 6.07) is 0.194. The molecule has 16 heavy (non-hydrogen) atoms. The molecule has 1 unspecified atom stereocenters. The van der Waals surface area contributed by atoms with E-state index in [-0.39, 0.29) is 6.04 Å². The maximum Gasteiger partial charge on any atom is 0.146 e. The van der Waals surface area contributed by atoms with E-state index in [9.17, 15) is 4.79 Å². The number of Topliss-reactive ketones (excluding diaryl/α,β-unsaturated/α-hetero) is 1. The zero-order chi connectivity index (χ0) is 11.8. The highest BCUT2D eigenvalue weighted by Crippen LogP contribution is 2.88. The SMILES string of the molecule is CC(=O)C1C[C@@]2(CN1C)C(C)(C)C21CCC1. The molecule has 2 heteroatoms. The van der Waals surface area contributed by atoms with Gasteiger partial charge < -0.3 is 0 Å². The lowest BCUT2D eigenvalue weighted by atomic mass is 9.73. The lowest BCUT2D eigenvalue weighted by Crippen LogP contribution is -2.31. The molecule has 3 fully saturated rings. The van der Waals surface area contributed by atoms with Crippen molar-refractivity contribution < 1.29 is 4.79 Å². The van der Waals surface area contributed by atoms with Gasteiger partial charge in [0, 0.05) is 6.54 Å². The van der Waals surface area contributed by atoms with Gasteiger partial charge in [0.15, 0.2) is 0 Å². The van der Waals surface area contributed by atoms with Gasteiger partial charge in [-0.05, 0) is 49.5 Å². The molecule has 0 bridgehead atoms. The van der Waals surface area contributed by atoms with Crippen molar-refractivity contribution in [1.82, 2.24) is 4.90 Å². The second-order valence-electron chi connectivity index (χ2n) is 6.89. The summed E-state index contributed by atoms with van der Waals surface area (Å²) < 4.78 is 0. The van der Waals surface area contributed by atoms with Gasteiger partial charge in [-0.25, -0.2) is 0 Å². The molecule has 0 aromatic heterocycles. The van der Waals surface area contributed by atoms with Crippen molar-refractivity contribution in [3.63, 3.8) is 0 Å². The Morgan fingerprint density at radius 2 is 1.88 bits per heavy atom. The molecule has 2 spiro atoms. The fourth-order valence-corrected chi connectivity index (χ4v) is 5.23. The number of carbonyl (C=O) groups is 1. The maximum atomic E-state index is 11.7. The van der Waals surface area contributed by atoms with Crippen molar-refractivity contribution in [2.24, 2.45) is 16.2 Å². The third kappa shape index (κ3) is 0.848. The van der Waals surface area contributed by atoms with Crippen LogP contribution >= 0.6 is 0 Å². The number of nitrogens with zero attached hydrogens (tertiary/aromatic N) is 1. The zero-order valence-electron chi connectivity index (χ0n) is 11.0. The first-order valence-corrected chi connectivity index (χ1v) is 6.59. The van der Waals surface area contributed by atoms with Crippen LogP contribution in [0, 0.1) is 16.2 Å². The number of carbonyl (C=O) groups excluding carboxylic acids is 1. The number of hydrogen-bond donors (Lipinski definition) is 0. The number of likely N-dealkylation sites (tertiary alicyclic amines) is 1. The molecule has 3 aliphatic rings. The summed E-state index contributed by atoms with van der Waals surface area (Å²) in [5.41, 5.74) is 1.53. The lowest BCUT2D eigenvalue weighted by Gasteiger charge is -2.32. The van der Waals surface area contributed by atoms with Crippen LogP contribution in [0.4, 0.5) is 0 Å². The average Bonchev–Trinajstić information content (AvgIpc) is 2.38. The Hall–Kier alpha value is -0.370. The fourth-order valence-electron chi connectivity index (χ4n) is 5.23. The standard InChI is InChI=1S/C14H23NO/c1-10(16)11-8-14(9-15(11)4)12(2,3)13(14)6-5-7-13/h11H,5-9H2,1-4H3/t11?,14-/m1/s1. The van der Waals surface area contributed by atoms with Crippen LogP contribution in [-0.2, 0) is 4.79 Å². The smallest absolute Gasteiger partial charge is 0.146 e. The molecule has 1 aliphatic heterocycles. The number of hydrogen-bond acceptors (Lipinski definition) is 2. The van der Waals surface area contributed by atoms with Crippen LogP contribution in [0.25, 0.3) is 0 Å². The van der Waals surface area contributed by atoms with Crippen LogP contribution in [-0.4, -0.2) is 30.3 Å². The van der Waals surface area contributed by atoms with Crippen LogP contribution in [0.2, 0.25) is 0 Å². The molecule has 0 radical (unpaired) electrons. The number of likely N-dealkylation sites (N-methyl/N-ethyl adjacent to an activating group) is 1. The van der Waals surface area contributed by atoms with Gasteiger partial charge in [0.1, 0.15) is 5.78 Å². The molecule has 1 heterocycles. The highest BCUT2D eigenvalue weighted by Gasteiger charge is 2.84. The molecule has 1 saturated heterocycles. The van der Waals surface area contributed by atoms with Gasteiger partial charge in [0.2, 0.25) is 0 Å². The second kappa shape index (κ2) is 2.72. The summed E-state index contributed by atoms with van der Waals surface area (Å²) in [4.78, 5) is 14.0. The van der Waals surface area contributed by atoms with E-state index in [1.165, 1.54) is 19.3 Å². The van der Waals surface area contributed by atoms with Gasteiger partial charge in [0.05, 0.1) is 6.04 Å². The van der Waals surface area contributed by atoms with E-state index < -0.39 is 0 Å². The van der Waals surface area contributed by atoms with Crippen LogP contribution in [0.1, 0.15) is 46.5 Å². The first kappa shape index (κ1) is 10.8. The third-order valence-electron chi connectivity index (χ3n) is 6.52. The summed E-state index contributed by atoms with van der Waals surface area (Å²) in [6.07, 6.45) is 5.32. The van der Waals surface area contributed by atoms with Crippen LogP contribution in [0.3, 0.4) is 0 Å². The first-order chi connectivity index (χ1) is 7.38. The highest BCUT2D eigenvalue weighted by atomic mass is 16.1. The normalized spacial score (nSPS) is 43.6. The van der Waals surface area contributed by atoms with Crippen molar-refractivity contribution >= 4 is 5.78 Å². The van der Waals surface area contributed by atoms with Crippen molar-refractivity contribution in [2.75, 3.05) is 13.6 Å². The summed E-state index contributed by atoms with van der Waals surface area (Å²) in [6.45, 7) is 7.76. The molecule has 0 amide bonds. The Kier molecular flexibility index (Phi) is 1.83. The third-order valence-corrected chi connectivity index (χ3v) is 6.52. The minimum absolute atomic E-state index is 0.194. The summed E-state index contributed by atoms with van der Waals surface area (Å²) >= 11 is 0. The minimum atomic E-state index is 0.194. The molecule has 3 rings (SSSR count). The highest BCUT2D eigenvalue weighted by molar-refractivity contribution is 5.82. The van der Waals surface area contributed by atoms with Crippen molar-refractivity contribution in [3.05, 3.63) is 0 Å². The van der Waals surface area contributed by atoms with Crippen molar-refractivity contribution in [1.29, 1.82) is 0 Å². The molecule has 2 nitrogen and oxygen atoms in total. The predicted octanol–water partition coefficient (Wildman–Crippen LogP) is 2.48. The van der Waals surface area contributed by atoms with Gasteiger partial charge in [-0.2, -0.15) is 0 Å². The monoisotopic (exact) mass is 221 g/mol. The van der Waals surface area contributed by atoms with Gasteiger partial charge in [-0.15, -0.1) is 0 Å². The molecular formula is C14H23NO.